The van der Waals surface area contributed by atoms with Crippen LogP contribution in [0, 0.1) is 13.8 Å². The number of rotatable bonds is 8. The highest BCUT2D eigenvalue weighted by Crippen LogP contribution is 2.40. The highest BCUT2D eigenvalue weighted by molar-refractivity contribution is 8.00. The largest absolute Gasteiger partial charge is 0.486 e. The van der Waals surface area contributed by atoms with Gasteiger partial charge in [0.1, 0.15) is 41.8 Å². The van der Waals surface area contributed by atoms with Gasteiger partial charge in [0.25, 0.3) is 11.8 Å². The van der Waals surface area contributed by atoms with Gasteiger partial charge in [0.2, 0.25) is 0 Å². The smallest absolute Gasteiger partial charge is 0.352 e. The van der Waals surface area contributed by atoms with Crippen molar-refractivity contribution >= 4 is 35.5 Å². The first-order valence-electron chi connectivity index (χ1n) is 10.8. The third kappa shape index (κ3) is 5.04. The number of nitrogens with zero attached hydrogens (tertiary/aromatic N) is 1. The number of benzene rings is 1. The molecule has 2 aromatic rings. The lowest BCUT2D eigenvalue weighted by molar-refractivity contribution is -0.149. The SMILES string of the molecule is CC(=O)OCC1=C(C(=O)O)N2C(=O)[C@@H](NC(=O)c3ccc(COc4ccc(C)c(C)c4)o3)[C@@H]2SC1. The monoisotopic (exact) mass is 500 g/mol. The third-order valence-electron chi connectivity index (χ3n) is 5.73. The summed E-state index contributed by atoms with van der Waals surface area (Å²) in [7, 11) is 0. The summed E-state index contributed by atoms with van der Waals surface area (Å²) in [5, 5.41) is 11.6. The molecule has 2 N–H and O–H groups in total. The van der Waals surface area contributed by atoms with Crippen molar-refractivity contribution in [1.29, 1.82) is 0 Å². The van der Waals surface area contributed by atoms with Gasteiger partial charge >= 0.3 is 11.9 Å². The van der Waals surface area contributed by atoms with Gasteiger partial charge in [-0.15, -0.1) is 11.8 Å². The summed E-state index contributed by atoms with van der Waals surface area (Å²) in [6.07, 6.45) is 0. The van der Waals surface area contributed by atoms with E-state index in [0.717, 1.165) is 16.0 Å². The van der Waals surface area contributed by atoms with E-state index in [1.54, 1.807) is 6.07 Å². The van der Waals surface area contributed by atoms with Gasteiger partial charge in [-0.05, 0) is 49.2 Å². The van der Waals surface area contributed by atoms with Gasteiger partial charge in [0, 0.05) is 18.2 Å². The van der Waals surface area contributed by atoms with Crippen LogP contribution < -0.4 is 10.1 Å². The Kier molecular flexibility index (Phi) is 6.88. The van der Waals surface area contributed by atoms with E-state index in [1.165, 1.54) is 24.8 Å². The first kappa shape index (κ1) is 24.4. The first-order chi connectivity index (χ1) is 16.7. The lowest BCUT2D eigenvalue weighted by Gasteiger charge is -2.49. The van der Waals surface area contributed by atoms with Crippen LogP contribution in [-0.4, -0.2) is 57.5 Å². The van der Waals surface area contributed by atoms with Crippen molar-refractivity contribution in [3.05, 3.63) is 64.2 Å². The van der Waals surface area contributed by atoms with E-state index in [-0.39, 0.29) is 30.4 Å². The number of furan rings is 1. The maximum Gasteiger partial charge on any atom is 0.352 e. The van der Waals surface area contributed by atoms with Crippen LogP contribution in [0.4, 0.5) is 0 Å². The summed E-state index contributed by atoms with van der Waals surface area (Å²) in [6, 6.07) is 7.93. The number of carboxylic acid groups (broad SMARTS) is 1. The van der Waals surface area contributed by atoms with E-state index in [9.17, 15) is 24.3 Å². The number of thioether (sulfide) groups is 1. The third-order valence-corrected chi connectivity index (χ3v) is 7.07. The lowest BCUT2D eigenvalue weighted by Crippen LogP contribution is -2.70. The molecule has 0 saturated carbocycles. The second-order valence-corrected chi connectivity index (χ2v) is 9.30. The topological polar surface area (TPSA) is 135 Å². The van der Waals surface area contributed by atoms with Crippen LogP contribution in [0.25, 0.3) is 0 Å². The Morgan fingerprint density at radius 1 is 1.17 bits per heavy atom. The normalized spacial score (nSPS) is 19.1. The molecule has 1 fully saturated rings. The van der Waals surface area contributed by atoms with Gasteiger partial charge in [-0.1, -0.05) is 6.07 Å². The number of hydrogen-bond donors (Lipinski definition) is 2. The molecule has 0 spiro atoms. The van der Waals surface area contributed by atoms with E-state index < -0.39 is 35.2 Å². The number of hydrogen-bond acceptors (Lipinski definition) is 8. The number of aliphatic carboxylic acids is 1. The van der Waals surface area contributed by atoms with Crippen molar-refractivity contribution in [2.75, 3.05) is 12.4 Å². The fraction of sp³-hybridized carbons (Fsp3) is 0.333. The van der Waals surface area contributed by atoms with Crippen molar-refractivity contribution in [3.63, 3.8) is 0 Å². The summed E-state index contributed by atoms with van der Waals surface area (Å²) in [6.45, 7) is 5.13. The van der Waals surface area contributed by atoms with Crippen molar-refractivity contribution < 1.29 is 38.2 Å². The number of amides is 2. The van der Waals surface area contributed by atoms with Gasteiger partial charge in [0.15, 0.2) is 5.76 Å². The zero-order valence-electron chi connectivity index (χ0n) is 19.3. The molecule has 1 aromatic carbocycles. The Morgan fingerprint density at radius 2 is 1.94 bits per heavy atom. The van der Waals surface area contributed by atoms with Crippen LogP contribution in [-0.2, 0) is 25.7 Å². The van der Waals surface area contributed by atoms with Gasteiger partial charge < -0.3 is 24.3 Å². The molecule has 4 rings (SSSR count). The zero-order valence-corrected chi connectivity index (χ0v) is 20.1. The van der Waals surface area contributed by atoms with Gasteiger partial charge in [-0.2, -0.15) is 0 Å². The summed E-state index contributed by atoms with van der Waals surface area (Å²) >= 11 is 1.28. The summed E-state index contributed by atoms with van der Waals surface area (Å²) in [5.74, 6) is -1.61. The number of aryl methyl sites for hydroxylation is 2. The summed E-state index contributed by atoms with van der Waals surface area (Å²) in [5.41, 5.74) is 2.36. The standard InChI is InChI=1S/C24H24N2O8S/c1-12-4-5-16(8-13(12)2)33-10-17-6-7-18(34-17)21(28)25-19-22(29)26-20(24(30)31)15(9-32-14(3)27)11-35-23(19)26/h4-8,19,23H,9-11H2,1-3H3,(H,25,28)(H,30,31)/t19-,23+/m1/s1. The number of carbonyl (C=O) groups excluding carboxylic acids is 3. The average Bonchev–Trinajstić information content (AvgIpc) is 3.30. The maximum atomic E-state index is 12.7. The van der Waals surface area contributed by atoms with Crippen LogP contribution in [0.5, 0.6) is 5.75 Å². The number of carboxylic acids is 1. The van der Waals surface area contributed by atoms with Crippen LogP contribution in [0.3, 0.4) is 0 Å². The van der Waals surface area contributed by atoms with Gasteiger partial charge in [-0.3, -0.25) is 19.3 Å². The Balaban J connectivity index is 1.38. The van der Waals surface area contributed by atoms with Crippen molar-refractivity contribution in [2.45, 2.75) is 38.8 Å². The number of nitrogens with one attached hydrogen (secondary N) is 1. The number of esters is 1. The predicted octanol–water partition coefficient (Wildman–Crippen LogP) is 2.39. The average molecular weight is 501 g/mol. The Labute approximate surface area is 205 Å². The molecule has 3 heterocycles. The van der Waals surface area contributed by atoms with Gasteiger partial charge in [0.05, 0.1) is 0 Å². The molecule has 0 aliphatic carbocycles. The van der Waals surface area contributed by atoms with E-state index in [4.69, 9.17) is 13.9 Å². The Bertz CT molecular complexity index is 1230. The fourth-order valence-electron chi connectivity index (χ4n) is 3.73. The molecule has 1 aromatic heterocycles. The van der Waals surface area contributed by atoms with E-state index in [1.807, 2.05) is 32.0 Å². The van der Waals surface area contributed by atoms with Crippen LogP contribution in [0.2, 0.25) is 0 Å². The minimum atomic E-state index is -1.30. The molecule has 2 aliphatic heterocycles. The molecule has 0 bridgehead atoms. The number of fused-ring (bicyclic) bond motifs is 1. The molecule has 2 atom stereocenters. The number of ether oxygens (including phenoxy) is 2. The second kappa shape index (κ2) is 9.87. The highest BCUT2D eigenvalue weighted by Gasteiger charge is 2.54. The molecule has 2 amide bonds. The second-order valence-electron chi connectivity index (χ2n) is 8.20. The lowest BCUT2D eigenvalue weighted by atomic mass is 10.0. The summed E-state index contributed by atoms with van der Waals surface area (Å²) < 4.78 is 16.2. The molecule has 10 nitrogen and oxygen atoms in total. The highest BCUT2D eigenvalue weighted by atomic mass is 32.2. The van der Waals surface area contributed by atoms with Crippen molar-refractivity contribution in [1.82, 2.24) is 10.2 Å². The molecule has 2 aliphatic rings. The van der Waals surface area contributed by atoms with Crippen LogP contribution in [0.15, 0.2) is 46.0 Å². The van der Waals surface area contributed by atoms with E-state index >= 15 is 0 Å². The van der Waals surface area contributed by atoms with Crippen LogP contribution >= 0.6 is 11.8 Å². The van der Waals surface area contributed by atoms with E-state index in [0.29, 0.717) is 17.1 Å². The molecule has 11 heteroatoms. The van der Waals surface area contributed by atoms with Crippen LogP contribution in [0.1, 0.15) is 34.4 Å². The van der Waals surface area contributed by atoms with Crippen molar-refractivity contribution in [2.24, 2.45) is 0 Å². The van der Waals surface area contributed by atoms with Gasteiger partial charge in [-0.25, -0.2) is 4.79 Å². The minimum Gasteiger partial charge on any atom is -0.486 e. The molecule has 184 valence electrons. The predicted molar refractivity (Wildman–Crippen MR) is 125 cm³/mol. The quantitative estimate of drug-likeness (QED) is 0.414. The number of β-lactam (4-membered cyclic amide) rings is 1. The van der Waals surface area contributed by atoms with E-state index in [2.05, 4.69) is 5.32 Å². The molecular formula is C24H24N2O8S. The molecular weight excluding hydrogens is 476 g/mol. The number of carbonyl (C=O) groups is 4. The summed E-state index contributed by atoms with van der Waals surface area (Å²) in [4.78, 5) is 49.4. The Morgan fingerprint density at radius 3 is 2.63 bits per heavy atom. The zero-order chi connectivity index (χ0) is 25.3. The maximum absolute atomic E-state index is 12.7. The molecule has 0 radical (unpaired) electrons. The molecule has 1 saturated heterocycles. The van der Waals surface area contributed by atoms with Crippen molar-refractivity contribution in [3.8, 4) is 5.75 Å². The fourth-order valence-corrected chi connectivity index (χ4v) is 5.06. The molecule has 35 heavy (non-hydrogen) atoms. The molecule has 0 unspecified atom stereocenters. The first-order valence-corrected chi connectivity index (χ1v) is 11.8. The minimum absolute atomic E-state index is 0.0142. The Hall–Kier alpha value is -3.73.